The molecule has 35 heavy (non-hydrogen) atoms. The number of ether oxygens (including phenoxy) is 1. The van der Waals surface area contributed by atoms with Crippen LogP contribution in [-0.2, 0) is 16.1 Å². The maximum Gasteiger partial charge on any atom is 0.338 e. The minimum atomic E-state index is -0.873. The van der Waals surface area contributed by atoms with Crippen molar-refractivity contribution in [2.45, 2.75) is 33.4 Å². The van der Waals surface area contributed by atoms with Crippen molar-refractivity contribution >= 4 is 29.0 Å². The summed E-state index contributed by atoms with van der Waals surface area (Å²) >= 11 is 1.21. The lowest BCUT2D eigenvalue weighted by molar-refractivity contribution is -0.130. The van der Waals surface area contributed by atoms with Gasteiger partial charge in [-0.05, 0) is 56.2 Å². The highest BCUT2D eigenvalue weighted by atomic mass is 32.1. The second-order valence-electron chi connectivity index (χ2n) is 8.08. The number of nitrogens with zero attached hydrogens (tertiary/aromatic N) is 2. The normalized spacial score (nSPS) is 15.6. The number of aromatic nitrogens is 1. The summed E-state index contributed by atoms with van der Waals surface area (Å²) in [6.45, 7) is 5.56. The summed E-state index contributed by atoms with van der Waals surface area (Å²) in [7, 11) is 0. The topological polar surface area (TPSA) is 117 Å². The van der Waals surface area contributed by atoms with Crippen LogP contribution in [-0.4, -0.2) is 44.4 Å². The van der Waals surface area contributed by atoms with Gasteiger partial charge in [0, 0.05) is 6.54 Å². The number of aromatic hydroxyl groups is 1. The minimum Gasteiger partial charge on any atom is -0.508 e. The summed E-state index contributed by atoms with van der Waals surface area (Å²) in [5.41, 5.74) is 2.14. The Morgan fingerprint density at radius 3 is 2.29 bits per heavy atom. The molecular formula is C26H24N2O6S. The number of aryl methyl sites for hydroxylation is 2. The fourth-order valence-electron chi connectivity index (χ4n) is 4.07. The molecule has 1 aromatic heterocycles. The second kappa shape index (κ2) is 9.71. The molecule has 0 radical (unpaired) electrons. The molecule has 4 rings (SSSR count). The predicted octanol–water partition coefficient (Wildman–Crippen LogP) is 4.42. The second-order valence-corrected chi connectivity index (χ2v) is 9.29. The molecule has 3 aromatic rings. The number of aliphatic hydroxyl groups is 1. The molecule has 1 amide bonds. The van der Waals surface area contributed by atoms with Gasteiger partial charge in [-0.25, -0.2) is 9.78 Å². The molecule has 9 heteroatoms. The number of rotatable bonds is 7. The molecule has 180 valence electrons. The fourth-order valence-corrected chi connectivity index (χ4v) is 4.95. The first-order chi connectivity index (χ1) is 16.7. The Bertz CT molecular complexity index is 1320. The molecule has 8 nitrogen and oxygen atoms in total. The standard InChI is InChI=1S/C26H24N2O6S/c1-4-34-26(33)18-7-5-16(6-8-18)13-28-21(17-9-11-19(29)12-10-17)20(23(31)25(28)32)22(30)24-14(2)27-15(3)35-24/h5-12,21,29,31H,4,13H2,1-3H3. The third-order valence-electron chi connectivity index (χ3n) is 5.68. The number of carbonyl (C=O) groups excluding carboxylic acids is 3. The first-order valence-corrected chi connectivity index (χ1v) is 11.8. The molecule has 1 atom stereocenters. The van der Waals surface area contributed by atoms with Gasteiger partial charge in [0.15, 0.2) is 5.76 Å². The van der Waals surface area contributed by atoms with Gasteiger partial charge >= 0.3 is 5.97 Å². The lowest BCUT2D eigenvalue weighted by atomic mass is 9.94. The van der Waals surface area contributed by atoms with Crippen LogP contribution in [0.15, 0.2) is 59.9 Å². The number of Topliss-reactive ketones (excluding diaryl/α,β-unsaturated/α-hetero) is 1. The molecule has 1 aliphatic heterocycles. The van der Waals surface area contributed by atoms with E-state index in [4.69, 9.17) is 4.74 Å². The molecule has 0 saturated heterocycles. The zero-order chi connectivity index (χ0) is 25.3. The SMILES string of the molecule is CCOC(=O)c1ccc(CN2C(=O)C(O)=C(C(=O)c3sc(C)nc3C)C2c2ccc(O)cc2)cc1. The number of thiazole rings is 1. The molecule has 0 saturated carbocycles. The van der Waals surface area contributed by atoms with Crippen molar-refractivity contribution in [1.82, 2.24) is 9.88 Å². The number of phenols is 1. The number of benzene rings is 2. The number of hydrogen-bond acceptors (Lipinski definition) is 8. The van der Waals surface area contributed by atoms with E-state index in [1.54, 1.807) is 57.2 Å². The molecule has 0 aliphatic carbocycles. The third kappa shape index (κ3) is 4.67. The largest absolute Gasteiger partial charge is 0.508 e. The van der Waals surface area contributed by atoms with Crippen molar-refractivity contribution in [2.75, 3.05) is 6.61 Å². The molecule has 1 unspecified atom stereocenters. The molecule has 0 spiro atoms. The Morgan fingerprint density at radius 1 is 1.06 bits per heavy atom. The van der Waals surface area contributed by atoms with Crippen LogP contribution in [0.5, 0.6) is 5.75 Å². The van der Waals surface area contributed by atoms with Crippen molar-refractivity contribution < 1.29 is 29.3 Å². The van der Waals surface area contributed by atoms with Crippen LogP contribution in [0.1, 0.15) is 54.8 Å². The van der Waals surface area contributed by atoms with Gasteiger partial charge in [0.1, 0.15) is 5.75 Å². The number of aliphatic hydroxyl groups excluding tert-OH is 1. The first kappa shape index (κ1) is 24.2. The number of carbonyl (C=O) groups is 3. The molecule has 2 heterocycles. The Kier molecular flexibility index (Phi) is 6.70. The molecule has 2 N–H and O–H groups in total. The van der Waals surface area contributed by atoms with Gasteiger partial charge in [0.25, 0.3) is 5.91 Å². The third-order valence-corrected chi connectivity index (χ3v) is 6.76. The highest BCUT2D eigenvalue weighted by Crippen LogP contribution is 2.41. The Morgan fingerprint density at radius 2 is 1.71 bits per heavy atom. The van der Waals surface area contributed by atoms with E-state index in [9.17, 15) is 24.6 Å². The van der Waals surface area contributed by atoms with Crippen molar-refractivity contribution in [2.24, 2.45) is 0 Å². The maximum atomic E-state index is 13.5. The van der Waals surface area contributed by atoms with Gasteiger partial charge in [-0.3, -0.25) is 9.59 Å². The highest BCUT2D eigenvalue weighted by Gasteiger charge is 2.44. The number of hydrogen-bond donors (Lipinski definition) is 2. The summed E-state index contributed by atoms with van der Waals surface area (Å²) in [6.07, 6.45) is 0. The van der Waals surface area contributed by atoms with Crippen LogP contribution in [0.3, 0.4) is 0 Å². The molecule has 1 aliphatic rings. The molecular weight excluding hydrogens is 468 g/mol. The van der Waals surface area contributed by atoms with Crippen molar-refractivity contribution in [1.29, 1.82) is 0 Å². The van der Waals surface area contributed by atoms with E-state index in [1.807, 2.05) is 0 Å². The fraction of sp³-hybridized carbons (Fsp3) is 0.231. The van der Waals surface area contributed by atoms with Gasteiger partial charge in [0.05, 0.1) is 39.4 Å². The van der Waals surface area contributed by atoms with E-state index >= 15 is 0 Å². The quantitative estimate of drug-likeness (QED) is 0.370. The predicted molar refractivity (Wildman–Crippen MR) is 129 cm³/mol. The number of esters is 1. The van der Waals surface area contributed by atoms with E-state index in [0.717, 1.165) is 0 Å². The van der Waals surface area contributed by atoms with E-state index in [-0.39, 0.29) is 24.5 Å². The van der Waals surface area contributed by atoms with Gasteiger partial charge in [0.2, 0.25) is 5.78 Å². The number of amides is 1. The molecule has 0 fully saturated rings. The minimum absolute atomic E-state index is 0.0319. The average molecular weight is 493 g/mol. The van der Waals surface area contributed by atoms with Gasteiger partial charge in [-0.1, -0.05) is 24.3 Å². The Hall–Kier alpha value is -3.98. The van der Waals surface area contributed by atoms with E-state index < -0.39 is 29.5 Å². The number of ketones is 1. The van der Waals surface area contributed by atoms with Crippen LogP contribution < -0.4 is 0 Å². The van der Waals surface area contributed by atoms with Crippen LogP contribution >= 0.6 is 11.3 Å². The molecule has 0 bridgehead atoms. The summed E-state index contributed by atoms with van der Waals surface area (Å²) in [4.78, 5) is 44.7. The lowest BCUT2D eigenvalue weighted by Gasteiger charge is -2.27. The zero-order valence-corrected chi connectivity index (χ0v) is 20.3. The van der Waals surface area contributed by atoms with Crippen molar-refractivity contribution in [3.05, 3.63) is 92.1 Å². The highest BCUT2D eigenvalue weighted by molar-refractivity contribution is 7.14. The number of phenolic OH excluding ortho intramolecular Hbond substituents is 1. The van der Waals surface area contributed by atoms with Crippen LogP contribution in [0.2, 0.25) is 0 Å². The van der Waals surface area contributed by atoms with Crippen molar-refractivity contribution in [3.8, 4) is 5.75 Å². The Labute approximate surface area is 206 Å². The summed E-state index contributed by atoms with van der Waals surface area (Å²) in [5.74, 6) is -2.16. The Balaban J connectivity index is 1.72. The summed E-state index contributed by atoms with van der Waals surface area (Å²) in [6, 6.07) is 11.9. The molecule has 2 aromatic carbocycles. The van der Waals surface area contributed by atoms with Crippen LogP contribution in [0.4, 0.5) is 0 Å². The summed E-state index contributed by atoms with van der Waals surface area (Å²) < 4.78 is 5.01. The van der Waals surface area contributed by atoms with Gasteiger partial charge in [-0.2, -0.15) is 0 Å². The monoisotopic (exact) mass is 492 g/mol. The van der Waals surface area contributed by atoms with Crippen molar-refractivity contribution in [3.63, 3.8) is 0 Å². The van der Waals surface area contributed by atoms with Gasteiger partial charge in [-0.15, -0.1) is 11.3 Å². The average Bonchev–Trinajstić information content (AvgIpc) is 3.30. The van der Waals surface area contributed by atoms with E-state index in [0.29, 0.717) is 32.3 Å². The van der Waals surface area contributed by atoms with E-state index in [2.05, 4.69) is 4.98 Å². The maximum absolute atomic E-state index is 13.5. The first-order valence-electron chi connectivity index (χ1n) is 11.0. The summed E-state index contributed by atoms with van der Waals surface area (Å²) in [5, 5.41) is 21.3. The van der Waals surface area contributed by atoms with Gasteiger partial charge < -0.3 is 19.8 Å². The van der Waals surface area contributed by atoms with Crippen LogP contribution in [0.25, 0.3) is 0 Å². The zero-order valence-electron chi connectivity index (χ0n) is 19.4. The van der Waals surface area contributed by atoms with Crippen LogP contribution in [0, 0.1) is 13.8 Å². The van der Waals surface area contributed by atoms with E-state index in [1.165, 1.54) is 28.4 Å². The smallest absolute Gasteiger partial charge is 0.338 e. The lowest BCUT2D eigenvalue weighted by Crippen LogP contribution is -2.30.